The van der Waals surface area contributed by atoms with E-state index in [0.717, 1.165) is 45.5 Å². The molecule has 0 saturated heterocycles. The molecular weight excluding hydrogens is 891 g/mol. The first-order chi connectivity index (χ1) is 32.2. The van der Waals surface area contributed by atoms with Crippen LogP contribution in [0.15, 0.2) is 164 Å². The Hall–Kier alpha value is -7.35. The molecule has 330 valence electrons. The normalized spacial score (nSPS) is 12.5. The van der Waals surface area contributed by atoms with Crippen LogP contribution in [0.1, 0.15) is 90.0 Å². The van der Waals surface area contributed by atoms with Crippen LogP contribution < -0.4 is 34.7 Å². The summed E-state index contributed by atoms with van der Waals surface area (Å²) in [5.41, 5.74) is 2.14. The minimum atomic E-state index is -5.75. The molecule has 0 heterocycles. The van der Waals surface area contributed by atoms with Crippen LogP contribution >= 0.6 is 0 Å². The van der Waals surface area contributed by atoms with E-state index in [2.05, 4.69) is 0 Å². The molecular formula is C55H32F5NaO7. The van der Waals surface area contributed by atoms with E-state index in [0.29, 0.717) is 58.1 Å². The number of benzene rings is 9. The maximum atomic E-state index is 13.8. The fourth-order valence-corrected chi connectivity index (χ4v) is 8.19. The summed E-state index contributed by atoms with van der Waals surface area (Å²) in [6, 6.07) is 45.0. The summed E-state index contributed by atoms with van der Waals surface area (Å²) in [4.78, 5) is 72.6. The summed E-state index contributed by atoms with van der Waals surface area (Å²) in [5.74, 6) is -6.07. The zero-order chi connectivity index (χ0) is 47.8. The minimum Gasteiger partial charge on any atom is -0.857 e. The first kappa shape index (κ1) is 48.6. The molecule has 2 aliphatic carbocycles. The smallest absolute Gasteiger partial charge is 0.857 e. The second-order valence-electron chi connectivity index (χ2n) is 15.4. The van der Waals surface area contributed by atoms with Gasteiger partial charge in [0, 0.05) is 61.2 Å². The molecule has 2 aliphatic rings. The first-order valence-corrected chi connectivity index (χ1v) is 20.4. The largest absolute Gasteiger partial charge is 1.00 e. The van der Waals surface area contributed by atoms with Gasteiger partial charge in [0.25, 0.3) is 0 Å². The van der Waals surface area contributed by atoms with E-state index in [1.165, 1.54) is 12.1 Å². The van der Waals surface area contributed by atoms with Crippen molar-refractivity contribution in [1.29, 1.82) is 0 Å². The number of hydrogen-bond donors (Lipinski definition) is 0. The Morgan fingerprint density at radius 1 is 0.353 bits per heavy atom. The monoisotopic (exact) mass is 922 g/mol. The van der Waals surface area contributed by atoms with Crippen molar-refractivity contribution >= 4 is 78.8 Å². The van der Waals surface area contributed by atoms with Gasteiger partial charge in [-0.05, 0) is 97.7 Å². The number of hydrogen-bond acceptors (Lipinski definition) is 7. The Labute approximate surface area is 406 Å². The molecule has 7 nitrogen and oxygen atoms in total. The van der Waals surface area contributed by atoms with Crippen LogP contribution in [0.5, 0.6) is 0 Å². The fourth-order valence-electron chi connectivity index (χ4n) is 8.19. The molecule has 68 heavy (non-hydrogen) atoms. The van der Waals surface area contributed by atoms with E-state index in [1.54, 1.807) is 54.6 Å². The summed E-state index contributed by atoms with van der Waals surface area (Å²) in [6.07, 6.45) is -4.41. The van der Waals surface area contributed by atoms with Crippen molar-refractivity contribution < 1.29 is 85.4 Å². The van der Waals surface area contributed by atoms with Gasteiger partial charge in [0.15, 0.2) is 35.7 Å². The molecule has 9 aromatic rings. The number of carbonyl (C=O) groups excluding carboxylic acids is 6. The molecule has 0 saturated carbocycles. The third-order valence-electron chi connectivity index (χ3n) is 11.6. The van der Waals surface area contributed by atoms with Crippen LogP contribution in [0.25, 0.3) is 43.1 Å². The van der Waals surface area contributed by atoms with E-state index in [1.807, 2.05) is 78.9 Å². The molecule has 0 aromatic heterocycles. The number of halogens is 5. The van der Waals surface area contributed by atoms with E-state index in [9.17, 15) is 50.7 Å². The maximum Gasteiger partial charge on any atom is 1.00 e. The second kappa shape index (κ2) is 19.5. The van der Waals surface area contributed by atoms with Crippen molar-refractivity contribution in [2.75, 3.05) is 7.11 Å². The molecule has 0 atom stereocenters. The van der Waals surface area contributed by atoms with Crippen LogP contribution in [0, 0.1) is 0 Å². The van der Waals surface area contributed by atoms with Gasteiger partial charge in [-0.1, -0.05) is 109 Å². The molecule has 0 aliphatic heterocycles. The molecule has 13 heteroatoms. The van der Waals surface area contributed by atoms with E-state index in [4.69, 9.17) is 5.11 Å². The van der Waals surface area contributed by atoms with E-state index >= 15 is 0 Å². The van der Waals surface area contributed by atoms with Crippen LogP contribution in [0.2, 0.25) is 0 Å². The molecule has 0 amide bonds. The van der Waals surface area contributed by atoms with Gasteiger partial charge in [-0.3, -0.25) is 28.8 Å². The van der Waals surface area contributed by atoms with Crippen LogP contribution in [-0.4, -0.2) is 49.0 Å². The van der Waals surface area contributed by atoms with E-state index in [-0.39, 0.29) is 74.2 Å². The summed E-state index contributed by atoms with van der Waals surface area (Å²) in [7, 11) is 0.750. The molecule has 0 N–H and O–H groups in total. The van der Waals surface area contributed by atoms with E-state index < -0.39 is 29.2 Å². The zero-order valence-corrected chi connectivity index (χ0v) is 38.0. The third kappa shape index (κ3) is 8.82. The summed E-state index contributed by atoms with van der Waals surface area (Å²) in [5, 5.41) is 14.0. The van der Waals surface area contributed by atoms with Crippen molar-refractivity contribution in [3.63, 3.8) is 0 Å². The Kier molecular flexibility index (Phi) is 13.9. The number of alkyl halides is 5. The maximum absolute atomic E-state index is 13.8. The molecule has 0 unspecified atom stereocenters. The van der Waals surface area contributed by atoms with Crippen LogP contribution in [-0.2, 0) is 5.92 Å². The quantitative estimate of drug-likeness (QED) is 0.0990. The van der Waals surface area contributed by atoms with Crippen molar-refractivity contribution in [2.45, 2.75) is 12.1 Å². The van der Waals surface area contributed by atoms with Crippen molar-refractivity contribution in [1.82, 2.24) is 0 Å². The van der Waals surface area contributed by atoms with Gasteiger partial charge >= 0.3 is 41.7 Å². The predicted molar refractivity (Wildman–Crippen MR) is 243 cm³/mol. The minimum absolute atomic E-state index is 0. The number of ketones is 4. The molecule has 11 rings (SSSR count). The molecule has 0 spiro atoms. The molecule has 0 fully saturated rings. The first-order valence-electron chi connectivity index (χ1n) is 20.4. The number of rotatable bonds is 3. The standard InChI is InChI=1S/C24H11F5O2.C22H12O2.C8H6O2.CH3O.Na/c25-23(26,24(27,28)29)16-6-5-14-10-19-20(11-15(14)7-16)22(31)18-9-13-4-2-1-3-12(13)8-17(18)21(19)30;23-21-17-9-13-5-1-2-6-14(13)10-18(17)22(24)20-12-16-8-4-3-7-15(16)11-19(20)21;9-5-7-3-1-2-4-8(7)6-10;1-2;/h1-11H;1-12H;1-6H;1H3;/q;;;-1;+1. The third-order valence-corrected chi connectivity index (χ3v) is 11.6. The van der Waals surface area contributed by atoms with Crippen molar-refractivity contribution in [3.05, 3.63) is 225 Å². The van der Waals surface area contributed by atoms with Gasteiger partial charge < -0.3 is 5.11 Å². The Morgan fingerprint density at radius 3 is 0.838 bits per heavy atom. The fraction of sp³-hybridized carbons (Fsp3) is 0.0545. The SMILES string of the molecule is C[O-].O=C1c2cc3ccccc3cc2C(=O)c2cc3cc(C(F)(F)C(F)(F)F)ccc3cc21.O=C1c2cc3ccccc3cc2C(=O)c2cc3ccccc3cc21.O=Cc1ccccc1C=O.[Na+]. The van der Waals surface area contributed by atoms with Gasteiger partial charge in [-0.2, -0.15) is 29.1 Å². The zero-order valence-electron chi connectivity index (χ0n) is 36.0. The van der Waals surface area contributed by atoms with Crippen molar-refractivity contribution in [2.24, 2.45) is 0 Å². The van der Waals surface area contributed by atoms with Gasteiger partial charge in [0.05, 0.1) is 0 Å². The number of aldehydes is 2. The molecule has 9 aromatic carbocycles. The summed E-state index contributed by atoms with van der Waals surface area (Å²) < 4.78 is 65.8. The Morgan fingerprint density at radius 2 is 0.588 bits per heavy atom. The molecule has 0 bridgehead atoms. The number of fused-ring (bicyclic) bond motifs is 8. The Balaban J connectivity index is 0.000000164. The van der Waals surface area contributed by atoms with Crippen molar-refractivity contribution in [3.8, 4) is 0 Å². The topological polar surface area (TPSA) is 125 Å². The average molecular weight is 923 g/mol. The second-order valence-corrected chi connectivity index (χ2v) is 15.4. The Bertz CT molecular complexity index is 3330. The summed E-state index contributed by atoms with van der Waals surface area (Å²) >= 11 is 0. The van der Waals surface area contributed by atoms with Gasteiger partial charge in [-0.25, -0.2) is 0 Å². The predicted octanol–water partition coefficient (Wildman–Crippen LogP) is 8.48. The molecule has 0 radical (unpaired) electrons. The van der Waals surface area contributed by atoms with Crippen LogP contribution in [0.3, 0.4) is 0 Å². The summed E-state index contributed by atoms with van der Waals surface area (Å²) in [6.45, 7) is 0. The van der Waals surface area contributed by atoms with Crippen LogP contribution in [0.4, 0.5) is 22.0 Å². The van der Waals surface area contributed by atoms with Gasteiger partial charge in [-0.15, -0.1) is 0 Å². The number of carbonyl (C=O) groups is 6. The van der Waals surface area contributed by atoms with Gasteiger partial charge in [0.1, 0.15) is 0 Å². The van der Waals surface area contributed by atoms with Gasteiger partial charge in [0.2, 0.25) is 0 Å². The average Bonchev–Trinajstić information content (AvgIpc) is 3.35.